The fraction of sp³-hybridized carbons (Fsp3) is 0.182. The third kappa shape index (κ3) is 3.23. The number of rotatable bonds is 4. The summed E-state index contributed by atoms with van der Waals surface area (Å²) >= 11 is 0. The quantitative estimate of drug-likeness (QED) is 0.440. The molecule has 0 aliphatic heterocycles. The molecule has 2 aromatic heterocycles. The van der Waals surface area contributed by atoms with Gasteiger partial charge in [0.25, 0.3) is 5.91 Å². The van der Waals surface area contributed by atoms with E-state index in [-0.39, 0.29) is 5.57 Å². The van der Waals surface area contributed by atoms with Gasteiger partial charge in [-0.05, 0) is 45.0 Å². The van der Waals surface area contributed by atoms with Crippen molar-refractivity contribution in [3.63, 3.8) is 0 Å². The molecule has 2 heterocycles. The predicted octanol–water partition coefficient (Wildman–Crippen LogP) is 3.68. The Kier molecular flexibility index (Phi) is 4.88. The van der Waals surface area contributed by atoms with Crippen molar-refractivity contribution in [3.8, 4) is 18.4 Å². The van der Waals surface area contributed by atoms with Crippen LogP contribution in [0.15, 0.2) is 42.0 Å². The number of aromatic nitrogens is 2. The van der Waals surface area contributed by atoms with Crippen LogP contribution in [0.4, 0.5) is 0 Å². The summed E-state index contributed by atoms with van der Waals surface area (Å²) in [4.78, 5) is 12.7. The third-order valence-corrected chi connectivity index (χ3v) is 4.67. The van der Waals surface area contributed by atoms with Gasteiger partial charge >= 0.3 is 0 Å². The van der Waals surface area contributed by atoms with E-state index in [1.165, 1.54) is 0 Å². The van der Waals surface area contributed by atoms with Crippen molar-refractivity contribution in [1.82, 2.24) is 9.24 Å². The number of nitriles is 1. The molecule has 5 nitrogen and oxygen atoms in total. The minimum atomic E-state index is -0.451. The maximum atomic E-state index is 12.7. The largest absolute Gasteiger partial charge is 0.333 e. The molecule has 0 radical (unpaired) electrons. The Morgan fingerprint density at radius 3 is 2.48 bits per heavy atom. The van der Waals surface area contributed by atoms with Crippen LogP contribution in [-0.2, 0) is 11.3 Å². The Bertz CT molecular complexity index is 1130. The molecule has 1 aromatic carbocycles. The second-order valence-electron chi connectivity index (χ2n) is 6.37. The molecule has 0 aliphatic rings. The number of carbonyl (C=O) groups is 1. The first-order valence-electron chi connectivity index (χ1n) is 8.57. The maximum absolute atomic E-state index is 12.7. The molecule has 27 heavy (non-hydrogen) atoms. The van der Waals surface area contributed by atoms with E-state index in [1.54, 1.807) is 10.8 Å². The van der Waals surface area contributed by atoms with Gasteiger partial charge < -0.3 is 4.57 Å². The highest BCUT2D eigenvalue weighted by molar-refractivity contribution is 6.08. The number of nitrogens with one attached hydrogen (secondary N) is 1. The molecule has 5 heteroatoms. The van der Waals surface area contributed by atoms with Gasteiger partial charge in [0.05, 0.1) is 6.54 Å². The van der Waals surface area contributed by atoms with Crippen molar-refractivity contribution < 1.29 is 4.79 Å². The number of hydrogen-bond acceptors (Lipinski definition) is 2. The number of nitrogens with zero attached hydrogens (tertiary/aromatic N) is 3. The van der Waals surface area contributed by atoms with Gasteiger partial charge in [-0.2, -0.15) is 5.26 Å². The molecule has 0 unspecified atom stereocenters. The molecule has 1 N–H and O–H groups in total. The van der Waals surface area contributed by atoms with Crippen LogP contribution in [0.5, 0.6) is 0 Å². The van der Waals surface area contributed by atoms with Crippen molar-refractivity contribution in [1.29, 1.82) is 5.26 Å². The summed E-state index contributed by atoms with van der Waals surface area (Å²) < 4.78 is 3.68. The van der Waals surface area contributed by atoms with Gasteiger partial charge in [-0.15, -0.1) is 6.42 Å². The summed E-state index contributed by atoms with van der Waals surface area (Å²) in [5.41, 5.74) is 7.32. The van der Waals surface area contributed by atoms with E-state index in [9.17, 15) is 10.1 Å². The maximum Gasteiger partial charge on any atom is 0.280 e. The first-order valence-corrected chi connectivity index (χ1v) is 8.57. The molecular weight excluding hydrogens is 336 g/mol. The lowest BCUT2D eigenvalue weighted by Gasteiger charge is -2.10. The molecule has 0 atom stereocenters. The standard InChI is InChI=1S/C22H20N4O/c1-5-12-25-17(4)20(19-8-6-7-9-21(19)25)13-18(14-23)22(27)24-26-15(2)10-11-16(26)3/h1,6-11,13H,12H2,2-4H3,(H,24,27)/b18-13+. The molecule has 0 fully saturated rings. The molecule has 0 bridgehead atoms. The van der Waals surface area contributed by atoms with Crippen molar-refractivity contribution in [3.05, 3.63) is 64.6 Å². The van der Waals surface area contributed by atoms with E-state index in [0.29, 0.717) is 6.54 Å². The van der Waals surface area contributed by atoms with Gasteiger partial charge in [-0.25, -0.2) is 0 Å². The second kappa shape index (κ2) is 7.27. The summed E-state index contributed by atoms with van der Waals surface area (Å²) in [5, 5.41) is 10.5. The van der Waals surface area contributed by atoms with Crippen LogP contribution >= 0.6 is 0 Å². The van der Waals surface area contributed by atoms with Crippen molar-refractivity contribution in [2.24, 2.45) is 0 Å². The second-order valence-corrected chi connectivity index (χ2v) is 6.37. The van der Waals surface area contributed by atoms with Crippen molar-refractivity contribution in [2.75, 3.05) is 5.43 Å². The average Bonchev–Trinajstić information content (AvgIpc) is 3.12. The Labute approximate surface area is 158 Å². The first kappa shape index (κ1) is 18.1. The number of aryl methyl sites for hydroxylation is 2. The summed E-state index contributed by atoms with van der Waals surface area (Å²) in [6.07, 6.45) is 7.14. The highest BCUT2D eigenvalue weighted by atomic mass is 16.2. The molecule has 3 rings (SSSR count). The molecule has 0 spiro atoms. The molecule has 1 amide bonds. The molecule has 0 saturated carbocycles. The lowest BCUT2D eigenvalue weighted by Crippen LogP contribution is -2.25. The SMILES string of the molecule is C#CCn1c(C)c(/C=C(\C#N)C(=O)Nn2c(C)ccc2C)c2ccccc21. The molecular formula is C22H20N4O. The lowest BCUT2D eigenvalue weighted by atomic mass is 10.1. The van der Waals surface area contributed by atoms with Crippen molar-refractivity contribution in [2.45, 2.75) is 27.3 Å². The van der Waals surface area contributed by atoms with Gasteiger partial charge in [0.15, 0.2) is 0 Å². The Morgan fingerprint density at radius 1 is 1.19 bits per heavy atom. The number of terminal acetylenes is 1. The average molecular weight is 356 g/mol. The van der Waals surface area contributed by atoms with Crippen LogP contribution in [0.3, 0.4) is 0 Å². The van der Waals surface area contributed by atoms with Crippen LogP contribution in [0.25, 0.3) is 17.0 Å². The summed E-state index contributed by atoms with van der Waals surface area (Å²) in [5.74, 6) is 2.21. The lowest BCUT2D eigenvalue weighted by molar-refractivity contribution is -0.113. The number of hydrogen-bond donors (Lipinski definition) is 1. The summed E-state index contributed by atoms with van der Waals surface area (Å²) in [7, 11) is 0. The van der Waals surface area contributed by atoms with E-state index < -0.39 is 5.91 Å². The van der Waals surface area contributed by atoms with Gasteiger partial charge in [-0.3, -0.25) is 14.9 Å². The molecule has 3 aromatic rings. The monoisotopic (exact) mass is 356 g/mol. The molecule has 134 valence electrons. The van der Waals surface area contributed by atoms with E-state index in [0.717, 1.165) is 33.5 Å². The van der Waals surface area contributed by atoms with Crippen LogP contribution in [-0.4, -0.2) is 15.2 Å². The highest BCUT2D eigenvalue weighted by Crippen LogP contribution is 2.28. The normalized spacial score (nSPS) is 11.2. The van der Waals surface area contributed by atoms with E-state index in [1.807, 2.05) is 67.8 Å². The zero-order valence-corrected chi connectivity index (χ0v) is 15.6. The predicted molar refractivity (Wildman–Crippen MR) is 107 cm³/mol. The van der Waals surface area contributed by atoms with Crippen LogP contribution in [0.2, 0.25) is 0 Å². The minimum absolute atomic E-state index is 0.0363. The highest BCUT2D eigenvalue weighted by Gasteiger charge is 2.16. The zero-order valence-electron chi connectivity index (χ0n) is 15.6. The van der Waals surface area contributed by atoms with Gasteiger partial charge in [0.2, 0.25) is 0 Å². The fourth-order valence-electron chi connectivity index (χ4n) is 3.23. The topological polar surface area (TPSA) is 62.8 Å². The number of fused-ring (bicyclic) bond motifs is 1. The summed E-state index contributed by atoms with van der Waals surface area (Å²) in [6, 6.07) is 13.7. The number of benzene rings is 1. The van der Waals surface area contributed by atoms with Crippen LogP contribution < -0.4 is 5.43 Å². The minimum Gasteiger partial charge on any atom is -0.333 e. The molecule has 0 saturated heterocycles. The van der Waals surface area contributed by atoms with Gasteiger partial charge in [0, 0.05) is 33.5 Å². The van der Waals surface area contributed by atoms with E-state index >= 15 is 0 Å². The Balaban J connectivity index is 2.07. The van der Waals surface area contributed by atoms with Gasteiger partial charge in [-0.1, -0.05) is 24.1 Å². The first-order chi connectivity index (χ1) is 13.0. The van der Waals surface area contributed by atoms with Crippen molar-refractivity contribution >= 4 is 22.9 Å². The fourth-order valence-corrected chi connectivity index (χ4v) is 3.23. The van der Waals surface area contributed by atoms with E-state index in [2.05, 4.69) is 11.3 Å². The Hall–Kier alpha value is -3.70. The number of amides is 1. The molecule has 0 aliphatic carbocycles. The van der Waals surface area contributed by atoms with Crippen LogP contribution in [0, 0.1) is 44.4 Å². The third-order valence-electron chi connectivity index (χ3n) is 4.67. The zero-order chi connectivity index (χ0) is 19.6. The smallest absolute Gasteiger partial charge is 0.280 e. The summed E-state index contributed by atoms with van der Waals surface area (Å²) in [6.45, 7) is 6.15. The number of carbonyl (C=O) groups excluding carboxylic acids is 1. The van der Waals surface area contributed by atoms with Crippen LogP contribution in [0.1, 0.15) is 22.6 Å². The number of para-hydroxylation sites is 1. The van der Waals surface area contributed by atoms with E-state index in [4.69, 9.17) is 6.42 Å². The van der Waals surface area contributed by atoms with Gasteiger partial charge in [0.1, 0.15) is 11.6 Å². The Morgan fingerprint density at radius 2 is 1.85 bits per heavy atom.